The van der Waals surface area contributed by atoms with Gasteiger partial charge in [0.05, 0.1) is 6.10 Å². The van der Waals surface area contributed by atoms with Gasteiger partial charge in [-0.3, -0.25) is 4.79 Å². The van der Waals surface area contributed by atoms with E-state index in [1.165, 1.54) is 0 Å². The van der Waals surface area contributed by atoms with E-state index in [0.717, 1.165) is 44.9 Å². The van der Waals surface area contributed by atoms with Gasteiger partial charge in [0.25, 0.3) is 0 Å². The molecule has 0 unspecified atom stereocenters. The Labute approximate surface area is 172 Å². The van der Waals surface area contributed by atoms with E-state index >= 15 is 0 Å². The van der Waals surface area contributed by atoms with E-state index in [9.17, 15) is 4.79 Å². The predicted molar refractivity (Wildman–Crippen MR) is 122 cm³/mol. The molecule has 0 aromatic rings. The normalized spacial score (nSPS) is 14.0. The molecule has 0 aliphatic carbocycles. The molecule has 2 N–H and O–H groups in total. The van der Waals surface area contributed by atoms with E-state index in [0.29, 0.717) is 13.0 Å². The van der Waals surface area contributed by atoms with Crippen LogP contribution in [0.4, 0.5) is 0 Å². The van der Waals surface area contributed by atoms with Gasteiger partial charge in [0.2, 0.25) is 5.91 Å². The van der Waals surface area contributed by atoms with Crippen molar-refractivity contribution in [3.05, 3.63) is 72.9 Å². The molecular weight excluding hydrogens is 346 g/mol. The molecule has 0 bridgehead atoms. The van der Waals surface area contributed by atoms with Crippen LogP contribution in [0.15, 0.2) is 72.9 Å². The molecule has 0 aromatic carbocycles. The SMILES string of the molecule is CC/C=C\C/C=C\C/C=C\C/C=C\C/C=C\C/C=C\CCC(=O)NC[C@H](C)O. The second-order valence-electron chi connectivity index (χ2n) is 6.61. The van der Waals surface area contributed by atoms with Gasteiger partial charge in [0.15, 0.2) is 0 Å². The van der Waals surface area contributed by atoms with Crippen LogP contribution >= 0.6 is 0 Å². The van der Waals surface area contributed by atoms with Crippen molar-refractivity contribution in [3.8, 4) is 0 Å². The van der Waals surface area contributed by atoms with Crippen LogP contribution in [0.1, 0.15) is 65.2 Å². The average molecular weight is 386 g/mol. The summed E-state index contributed by atoms with van der Waals surface area (Å²) in [6.45, 7) is 4.13. The van der Waals surface area contributed by atoms with E-state index in [2.05, 4.69) is 79.1 Å². The van der Waals surface area contributed by atoms with E-state index in [1.807, 2.05) is 6.08 Å². The molecule has 0 aliphatic heterocycles. The van der Waals surface area contributed by atoms with Crippen LogP contribution in [0.3, 0.4) is 0 Å². The van der Waals surface area contributed by atoms with Crippen molar-refractivity contribution in [2.75, 3.05) is 6.54 Å². The predicted octanol–water partition coefficient (Wildman–Crippen LogP) is 5.96. The minimum Gasteiger partial charge on any atom is -0.392 e. The van der Waals surface area contributed by atoms with Gasteiger partial charge in [-0.15, -0.1) is 0 Å². The van der Waals surface area contributed by atoms with Crippen LogP contribution < -0.4 is 5.32 Å². The van der Waals surface area contributed by atoms with Crippen molar-refractivity contribution in [1.82, 2.24) is 5.32 Å². The smallest absolute Gasteiger partial charge is 0.220 e. The molecule has 3 nitrogen and oxygen atoms in total. The lowest BCUT2D eigenvalue weighted by Crippen LogP contribution is -2.30. The molecule has 28 heavy (non-hydrogen) atoms. The molecule has 0 saturated carbocycles. The summed E-state index contributed by atoms with van der Waals surface area (Å²) in [4.78, 5) is 11.4. The molecule has 0 fully saturated rings. The van der Waals surface area contributed by atoms with Gasteiger partial charge in [-0.1, -0.05) is 79.8 Å². The summed E-state index contributed by atoms with van der Waals surface area (Å²) in [5.74, 6) is -0.0135. The Morgan fingerprint density at radius 3 is 1.54 bits per heavy atom. The van der Waals surface area contributed by atoms with Crippen molar-refractivity contribution in [2.24, 2.45) is 0 Å². The average Bonchev–Trinajstić information content (AvgIpc) is 2.68. The Bertz CT molecular complexity index is 537. The highest BCUT2D eigenvalue weighted by Gasteiger charge is 2.00. The first-order valence-corrected chi connectivity index (χ1v) is 10.5. The number of rotatable bonds is 16. The highest BCUT2D eigenvalue weighted by Crippen LogP contribution is 1.97. The van der Waals surface area contributed by atoms with Gasteiger partial charge >= 0.3 is 0 Å². The van der Waals surface area contributed by atoms with Gasteiger partial charge in [-0.2, -0.15) is 0 Å². The summed E-state index contributed by atoms with van der Waals surface area (Å²) in [6.07, 6.45) is 32.7. The quantitative estimate of drug-likeness (QED) is 0.322. The molecule has 0 aromatic heterocycles. The zero-order valence-electron chi connectivity index (χ0n) is 17.7. The van der Waals surface area contributed by atoms with Gasteiger partial charge in [-0.25, -0.2) is 0 Å². The molecule has 0 heterocycles. The molecule has 0 radical (unpaired) electrons. The first kappa shape index (κ1) is 25.9. The van der Waals surface area contributed by atoms with Crippen molar-refractivity contribution < 1.29 is 9.90 Å². The maximum atomic E-state index is 11.4. The third kappa shape index (κ3) is 21.9. The van der Waals surface area contributed by atoms with Crippen LogP contribution in [0.25, 0.3) is 0 Å². The number of aliphatic hydroxyl groups is 1. The molecule has 1 atom stereocenters. The highest BCUT2D eigenvalue weighted by atomic mass is 16.3. The number of hydrogen-bond donors (Lipinski definition) is 2. The highest BCUT2D eigenvalue weighted by molar-refractivity contribution is 5.75. The van der Waals surface area contributed by atoms with Crippen molar-refractivity contribution in [3.63, 3.8) is 0 Å². The Balaban J connectivity index is 3.57. The fourth-order valence-corrected chi connectivity index (χ4v) is 2.20. The van der Waals surface area contributed by atoms with Crippen molar-refractivity contribution >= 4 is 5.91 Å². The number of hydrogen-bond acceptors (Lipinski definition) is 2. The summed E-state index contributed by atoms with van der Waals surface area (Å²) >= 11 is 0. The van der Waals surface area contributed by atoms with E-state index in [1.54, 1.807) is 6.92 Å². The largest absolute Gasteiger partial charge is 0.392 e. The molecule has 156 valence electrons. The molecule has 0 saturated heterocycles. The van der Waals surface area contributed by atoms with Crippen LogP contribution in [0, 0.1) is 0 Å². The molecule has 0 spiro atoms. The lowest BCUT2D eigenvalue weighted by atomic mass is 10.2. The second kappa shape index (κ2) is 21.2. The minimum atomic E-state index is -0.491. The van der Waals surface area contributed by atoms with Crippen LogP contribution in [-0.2, 0) is 4.79 Å². The second-order valence-corrected chi connectivity index (χ2v) is 6.61. The summed E-state index contributed by atoms with van der Waals surface area (Å²) < 4.78 is 0. The van der Waals surface area contributed by atoms with Crippen LogP contribution in [-0.4, -0.2) is 23.7 Å². The zero-order valence-corrected chi connectivity index (χ0v) is 17.7. The lowest BCUT2D eigenvalue weighted by molar-refractivity contribution is -0.121. The van der Waals surface area contributed by atoms with Crippen LogP contribution in [0.2, 0.25) is 0 Å². The third-order valence-electron chi connectivity index (χ3n) is 3.73. The number of amides is 1. The van der Waals surface area contributed by atoms with Gasteiger partial charge in [0.1, 0.15) is 0 Å². The third-order valence-corrected chi connectivity index (χ3v) is 3.73. The van der Waals surface area contributed by atoms with Crippen molar-refractivity contribution in [2.45, 2.75) is 71.3 Å². The number of nitrogens with one attached hydrogen (secondary N) is 1. The number of allylic oxidation sites excluding steroid dienone is 12. The number of aliphatic hydroxyl groups excluding tert-OH is 1. The first-order chi connectivity index (χ1) is 13.7. The molecule has 0 aliphatic rings. The molecule has 3 heteroatoms. The summed E-state index contributed by atoms with van der Waals surface area (Å²) in [6, 6.07) is 0. The van der Waals surface area contributed by atoms with Crippen LogP contribution in [0.5, 0.6) is 0 Å². The Kier molecular flexibility index (Phi) is 19.6. The van der Waals surface area contributed by atoms with Gasteiger partial charge < -0.3 is 10.4 Å². The fraction of sp³-hybridized carbons (Fsp3) is 0.480. The Morgan fingerprint density at radius 2 is 1.14 bits per heavy atom. The molecular formula is C25H39NO2. The number of carbonyl (C=O) groups excluding carboxylic acids is 1. The summed E-state index contributed by atoms with van der Waals surface area (Å²) in [5, 5.41) is 11.8. The van der Waals surface area contributed by atoms with E-state index < -0.39 is 6.10 Å². The standard InChI is InChI=1S/C25H39NO2/c1-3-4-5-6-7-8-9-10-11-12-13-14-15-16-17-18-19-20-21-22-25(28)26-23-24(2)27/h4-5,7-8,10-11,13-14,16-17,19-20,24,27H,3,6,9,12,15,18,21-23H2,1-2H3,(H,26,28)/b5-4-,8-7-,11-10-,14-13-,17-16-,20-19-/t24-/m0/s1. The van der Waals surface area contributed by atoms with E-state index in [4.69, 9.17) is 5.11 Å². The number of carbonyl (C=O) groups is 1. The topological polar surface area (TPSA) is 49.3 Å². The summed E-state index contributed by atoms with van der Waals surface area (Å²) in [7, 11) is 0. The Hall–Kier alpha value is -2.13. The molecule has 1 amide bonds. The first-order valence-electron chi connectivity index (χ1n) is 10.5. The Morgan fingerprint density at radius 1 is 0.750 bits per heavy atom. The summed E-state index contributed by atoms with van der Waals surface area (Å²) in [5.41, 5.74) is 0. The minimum absolute atomic E-state index is 0.0135. The van der Waals surface area contributed by atoms with Gasteiger partial charge in [0, 0.05) is 13.0 Å². The van der Waals surface area contributed by atoms with E-state index in [-0.39, 0.29) is 5.91 Å². The fourth-order valence-electron chi connectivity index (χ4n) is 2.20. The lowest BCUT2D eigenvalue weighted by Gasteiger charge is -2.05. The maximum absolute atomic E-state index is 11.4. The monoisotopic (exact) mass is 385 g/mol. The zero-order chi connectivity index (χ0) is 20.7. The van der Waals surface area contributed by atoms with Crippen molar-refractivity contribution in [1.29, 1.82) is 0 Å². The van der Waals surface area contributed by atoms with Gasteiger partial charge in [-0.05, 0) is 51.9 Å². The molecule has 0 rings (SSSR count). The maximum Gasteiger partial charge on any atom is 0.220 e.